The number of rotatable bonds is 3. The molecule has 3 rings (SSSR count). The van der Waals surface area contributed by atoms with Crippen LogP contribution in [0.25, 0.3) is 11.1 Å². The van der Waals surface area contributed by atoms with E-state index >= 15 is 0 Å². The summed E-state index contributed by atoms with van der Waals surface area (Å²) in [6, 6.07) is 7.12. The van der Waals surface area contributed by atoms with Gasteiger partial charge < -0.3 is 4.42 Å². The fraction of sp³-hybridized carbons (Fsp3) is 0.0714. The van der Waals surface area contributed by atoms with Crippen LogP contribution in [-0.4, -0.2) is 4.98 Å². The lowest BCUT2D eigenvalue weighted by atomic mass is 10.2. The van der Waals surface area contributed by atoms with E-state index in [4.69, 9.17) is 4.42 Å². The Bertz CT molecular complexity index is 829. The molecule has 1 heterocycles. The molecule has 0 N–H and O–H groups in total. The van der Waals surface area contributed by atoms with Crippen LogP contribution in [0, 0.1) is 17.5 Å². The summed E-state index contributed by atoms with van der Waals surface area (Å²) >= 11 is 0. The minimum atomic E-state index is -1.57. The zero-order valence-electron chi connectivity index (χ0n) is 10.6. The molecule has 0 bridgehead atoms. The first-order valence-corrected chi connectivity index (χ1v) is 5.99. The zero-order valence-corrected chi connectivity index (χ0v) is 10.6. The SMILES string of the molecule is Fc1ccc(N=NCc2cccc3ncoc23)c(F)c1F. The molecule has 0 radical (unpaired) electrons. The predicted octanol–water partition coefficient (Wildman–Crippen LogP) is 4.53. The van der Waals surface area contributed by atoms with Crippen molar-refractivity contribution >= 4 is 16.8 Å². The summed E-state index contributed by atoms with van der Waals surface area (Å²) in [6.45, 7) is 0.102. The third-order valence-electron chi connectivity index (χ3n) is 2.87. The first-order valence-electron chi connectivity index (χ1n) is 5.99. The van der Waals surface area contributed by atoms with Gasteiger partial charge in [-0.2, -0.15) is 10.2 Å². The fourth-order valence-electron chi connectivity index (χ4n) is 1.85. The predicted molar refractivity (Wildman–Crippen MR) is 68.5 cm³/mol. The van der Waals surface area contributed by atoms with Gasteiger partial charge in [0.1, 0.15) is 11.2 Å². The molecule has 0 unspecified atom stereocenters. The van der Waals surface area contributed by atoms with E-state index in [2.05, 4.69) is 15.2 Å². The molecule has 106 valence electrons. The van der Waals surface area contributed by atoms with Crippen molar-refractivity contribution in [2.24, 2.45) is 10.2 Å². The third kappa shape index (κ3) is 2.49. The van der Waals surface area contributed by atoms with E-state index in [1.807, 2.05) is 0 Å². The van der Waals surface area contributed by atoms with Crippen LogP contribution in [0.5, 0.6) is 0 Å². The highest BCUT2D eigenvalue weighted by atomic mass is 19.2. The van der Waals surface area contributed by atoms with Crippen LogP contribution in [0.3, 0.4) is 0 Å². The Morgan fingerprint density at radius 3 is 2.76 bits per heavy atom. The molecule has 0 saturated carbocycles. The highest BCUT2D eigenvalue weighted by molar-refractivity contribution is 5.75. The van der Waals surface area contributed by atoms with Crippen LogP contribution in [0.2, 0.25) is 0 Å². The lowest BCUT2D eigenvalue weighted by molar-refractivity contribution is 0.448. The van der Waals surface area contributed by atoms with Gasteiger partial charge in [-0.15, -0.1) is 0 Å². The molecule has 21 heavy (non-hydrogen) atoms. The average molecular weight is 291 g/mol. The monoisotopic (exact) mass is 291 g/mol. The molecule has 1 aromatic heterocycles. The van der Waals surface area contributed by atoms with Crippen LogP contribution in [-0.2, 0) is 6.54 Å². The van der Waals surface area contributed by atoms with Gasteiger partial charge in [0.15, 0.2) is 29.4 Å². The molecule has 0 aliphatic carbocycles. The lowest BCUT2D eigenvalue weighted by Crippen LogP contribution is -1.89. The fourth-order valence-corrected chi connectivity index (χ4v) is 1.85. The molecule has 2 aromatic carbocycles. The lowest BCUT2D eigenvalue weighted by Gasteiger charge is -1.99. The van der Waals surface area contributed by atoms with E-state index in [0.29, 0.717) is 16.7 Å². The van der Waals surface area contributed by atoms with Crippen molar-refractivity contribution in [1.82, 2.24) is 4.98 Å². The molecule has 0 spiro atoms. The van der Waals surface area contributed by atoms with Gasteiger partial charge >= 0.3 is 0 Å². The van der Waals surface area contributed by atoms with Gasteiger partial charge in [0, 0.05) is 5.56 Å². The van der Waals surface area contributed by atoms with E-state index in [1.54, 1.807) is 18.2 Å². The number of oxazole rings is 1. The summed E-state index contributed by atoms with van der Waals surface area (Å²) in [6.07, 6.45) is 1.31. The highest BCUT2D eigenvalue weighted by Crippen LogP contribution is 2.23. The van der Waals surface area contributed by atoms with Gasteiger partial charge in [0.2, 0.25) is 0 Å². The minimum absolute atomic E-state index is 0.102. The van der Waals surface area contributed by atoms with Crippen molar-refractivity contribution in [3.05, 3.63) is 59.7 Å². The molecule has 0 aliphatic heterocycles. The normalized spacial score (nSPS) is 11.6. The smallest absolute Gasteiger partial charge is 0.196 e. The summed E-state index contributed by atoms with van der Waals surface area (Å²) < 4.78 is 44.4. The van der Waals surface area contributed by atoms with E-state index < -0.39 is 17.5 Å². The number of nitrogens with zero attached hydrogens (tertiary/aromatic N) is 3. The van der Waals surface area contributed by atoms with Crippen molar-refractivity contribution in [3.63, 3.8) is 0 Å². The average Bonchev–Trinajstić information content (AvgIpc) is 2.96. The van der Waals surface area contributed by atoms with Crippen LogP contribution < -0.4 is 0 Å². The van der Waals surface area contributed by atoms with Gasteiger partial charge in [-0.3, -0.25) is 0 Å². The summed E-state index contributed by atoms with van der Waals surface area (Å²) in [4.78, 5) is 3.99. The maximum Gasteiger partial charge on any atom is 0.196 e. The second-order valence-electron chi connectivity index (χ2n) is 4.21. The number of hydrogen-bond donors (Lipinski definition) is 0. The molecule has 7 heteroatoms. The molecule has 3 aromatic rings. The van der Waals surface area contributed by atoms with Crippen LogP contribution in [0.4, 0.5) is 18.9 Å². The molecule has 4 nitrogen and oxygen atoms in total. The highest BCUT2D eigenvalue weighted by Gasteiger charge is 2.13. The van der Waals surface area contributed by atoms with Gasteiger partial charge in [0.05, 0.1) is 6.54 Å². The van der Waals surface area contributed by atoms with Crippen LogP contribution >= 0.6 is 0 Å². The molecular weight excluding hydrogens is 283 g/mol. The topological polar surface area (TPSA) is 50.8 Å². The first-order chi connectivity index (χ1) is 10.2. The number of fused-ring (bicyclic) bond motifs is 1. The van der Waals surface area contributed by atoms with Crippen LogP contribution in [0.15, 0.2) is 51.4 Å². The van der Waals surface area contributed by atoms with Gasteiger partial charge in [0.25, 0.3) is 0 Å². The molecule has 0 amide bonds. The van der Waals surface area contributed by atoms with E-state index in [9.17, 15) is 13.2 Å². The minimum Gasteiger partial charge on any atom is -0.443 e. The second-order valence-corrected chi connectivity index (χ2v) is 4.21. The number of aromatic nitrogens is 1. The molecular formula is C14H8F3N3O. The van der Waals surface area contributed by atoms with Gasteiger partial charge in [-0.1, -0.05) is 12.1 Å². The Morgan fingerprint density at radius 1 is 1.05 bits per heavy atom. The molecule has 0 atom stereocenters. The van der Waals surface area contributed by atoms with Crippen molar-refractivity contribution in [1.29, 1.82) is 0 Å². The van der Waals surface area contributed by atoms with Gasteiger partial charge in [-0.25, -0.2) is 18.2 Å². The molecule has 0 fully saturated rings. The standard InChI is InChI=1S/C14H8F3N3O/c15-9-4-5-10(13(17)12(9)16)20-19-6-8-2-1-3-11-14(8)21-7-18-11/h1-5,7H,6H2. The number of azo groups is 1. The Morgan fingerprint density at radius 2 is 1.90 bits per heavy atom. The summed E-state index contributed by atoms with van der Waals surface area (Å²) in [5, 5.41) is 7.36. The van der Waals surface area contributed by atoms with Crippen molar-refractivity contribution in [2.45, 2.75) is 6.54 Å². The van der Waals surface area contributed by atoms with E-state index in [1.165, 1.54) is 6.39 Å². The third-order valence-corrected chi connectivity index (χ3v) is 2.87. The number of benzene rings is 2. The van der Waals surface area contributed by atoms with Gasteiger partial charge in [-0.05, 0) is 18.2 Å². The van der Waals surface area contributed by atoms with E-state index in [0.717, 1.165) is 12.1 Å². The largest absolute Gasteiger partial charge is 0.443 e. The first kappa shape index (κ1) is 13.3. The molecule has 0 saturated heterocycles. The maximum absolute atomic E-state index is 13.4. The Kier molecular flexibility index (Phi) is 3.39. The van der Waals surface area contributed by atoms with E-state index in [-0.39, 0.29) is 12.2 Å². The Labute approximate surface area is 116 Å². The van der Waals surface area contributed by atoms with Crippen molar-refractivity contribution in [3.8, 4) is 0 Å². The number of halogens is 3. The summed E-state index contributed by atoms with van der Waals surface area (Å²) in [7, 11) is 0. The Balaban J connectivity index is 1.85. The number of hydrogen-bond acceptors (Lipinski definition) is 4. The number of para-hydroxylation sites is 1. The summed E-state index contributed by atoms with van der Waals surface area (Å²) in [5.74, 6) is -4.20. The van der Waals surface area contributed by atoms with Crippen molar-refractivity contribution in [2.75, 3.05) is 0 Å². The van der Waals surface area contributed by atoms with Crippen molar-refractivity contribution < 1.29 is 17.6 Å². The molecule has 0 aliphatic rings. The summed E-state index contributed by atoms with van der Waals surface area (Å²) in [5.41, 5.74) is 1.57. The zero-order chi connectivity index (χ0) is 14.8. The maximum atomic E-state index is 13.4. The van der Waals surface area contributed by atoms with Crippen LogP contribution in [0.1, 0.15) is 5.56 Å². The Hall–Kier alpha value is -2.70. The second kappa shape index (κ2) is 5.35. The quantitative estimate of drug-likeness (QED) is 0.526.